The molecule has 1 amide bonds. The molecule has 1 heterocycles. The quantitative estimate of drug-likeness (QED) is 0.0673. The van der Waals surface area contributed by atoms with E-state index < -0.39 is 110 Å². The Morgan fingerprint density at radius 2 is 1.42 bits per heavy atom. The van der Waals surface area contributed by atoms with Crippen LogP contribution in [0.3, 0.4) is 0 Å². The van der Waals surface area contributed by atoms with Crippen molar-refractivity contribution in [3.05, 3.63) is 22.4 Å². The van der Waals surface area contributed by atoms with Crippen molar-refractivity contribution in [1.29, 1.82) is 0 Å². The number of phenolic OH excluding ortho intramolecular Hbond substituents is 8. The van der Waals surface area contributed by atoms with Crippen LogP contribution in [0.1, 0.15) is 28.5 Å². The third-order valence-corrected chi connectivity index (χ3v) is 6.96. The Hall–Kier alpha value is -4.70. The number of aliphatic hydroxyl groups is 4. The first-order valence-electron chi connectivity index (χ1n) is 11.6. The Bertz CT molecular complexity index is 1510. The van der Waals surface area contributed by atoms with Crippen molar-refractivity contribution in [2.24, 2.45) is 0 Å². The summed E-state index contributed by atoms with van der Waals surface area (Å²) >= 11 is 0.658. The number of aromatic nitrogens is 1. The van der Waals surface area contributed by atoms with E-state index in [4.69, 9.17) is 10.5 Å². The molecule has 43 heavy (non-hydrogen) atoms. The zero-order chi connectivity index (χ0) is 32.8. The van der Waals surface area contributed by atoms with E-state index in [9.17, 15) is 71.2 Å². The molecule has 0 saturated carbocycles. The van der Waals surface area contributed by atoms with Crippen molar-refractivity contribution >= 4 is 28.1 Å². The summed E-state index contributed by atoms with van der Waals surface area (Å²) in [6.07, 6.45) is -2.79. The number of benzene rings is 2. The van der Waals surface area contributed by atoms with Crippen LogP contribution in [0.2, 0.25) is 0 Å². The second-order valence-corrected chi connectivity index (χ2v) is 10.1. The van der Waals surface area contributed by atoms with Gasteiger partial charge in [0.2, 0.25) is 23.2 Å². The minimum atomic E-state index is -3.55. The molecule has 17 N–H and O–H groups in total. The largest absolute Gasteiger partial charge is 0.504 e. The topological polar surface area (TPSA) is 352 Å². The van der Waals surface area contributed by atoms with Gasteiger partial charge in [-0.1, -0.05) is 11.3 Å². The molecule has 1 atom stereocenters. The highest BCUT2D eigenvalue weighted by Crippen LogP contribution is 2.53. The molecule has 0 radical (unpaired) electrons. The molecule has 0 aliphatic heterocycles. The summed E-state index contributed by atoms with van der Waals surface area (Å²) in [5.41, 5.74) is 1.80. The average molecular weight is 633 g/mol. The number of hydrogen-bond donors (Lipinski definition) is 16. The third-order valence-electron chi connectivity index (χ3n) is 6.23. The number of methoxy groups -OCH3 is 1. The zero-order valence-electron chi connectivity index (χ0n) is 22.1. The lowest BCUT2D eigenvalue weighted by Crippen LogP contribution is -2.55. The Morgan fingerprint density at radius 1 is 0.884 bits per heavy atom. The van der Waals surface area contributed by atoms with Crippen LogP contribution in [0, 0.1) is 6.92 Å². The normalized spacial score (nSPS) is 12.8. The summed E-state index contributed by atoms with van der Waals surface area (Å²) < 4.78 is 4.94. The molecule has 2 aromatic carbocycles. The standard InChI is InChI=1S/C23H28N4O15S/c1-5-8(12(30)18(36)17(35)11(5)29)19(42-2)23(40,41)25-4-22(38,39)9-13(31)15(33)10(16(34)14(9)32)27-7(28)3-6-20(37)43-21(24)26-6/h19,25,29-41H,3-4H2,1-2H3,(H2,24,26)(H,27,28). The van der Waals surface area contributed by atoms with Crippen LogP contribution in [0.5, 0.6) is 51.1 Å². The molecule has 236 valence electrons. The van der Waals surface area contributed by atoms with E-state index in [1.54, 1.807) is 5.32 Å². The molecule has 1 aromatic heterocycles. The predicted octanol–water partition coefficient (Wildman–Crippen LogP) is -1.68. The molecule has 1 unspecified atom stereocenters. The number of nitrogens with zero attached hydrogens (tertiary/aromatic N) is 1. The maximum Gasteiger partial charge on any atom is 0.254 e. The summed E-state index contributed by atoms with van der Waals surface area (Å²) in [5, 5.41) is 137. The molecule has 0 saturated heterocycles. The monoisotopic (exact) mass is 632 g/mol. The summed E-state index contributed by atoms with van der Waals surface area (Å²) in [6, 6.07) is 0. The van der Waals surface area contributed by atoms with E-state index >= 15 is 0 Å². The Balaban J connectivity index is 1.91. The van der Waals surface area contributed by atoms with Gasteiger partial charge in [-0.3, -0.25) is 10.1 Å². The molecule has 0 bridgehead atoms. The highest BCUT2D eigenvalue weighted by atomic mass is 32.1. The number of ether oxygens (including phenoxy) is 1. The fraction of sp³-hybridized carbons (Fsp3) is 0.304. The number of carbonyl (C=O) groups is 1. The van der Waals surface area contributed by atoms with Gasteiger partial charge < -0.3 is 82.2 Å². The van der Waals surface area contributed by atoms with Gasteiger partial charge in [0.05, 0.1) is 13.0 Å². The Kier molecular flexibility index (Phi) is 8.79. The lowest BCUT2D eigenvalue weighted by Gasteiger charge is -2.35. The van der Waals surface area contributed by atoms with Crippen molar-refractivity contribution in [3.63, 3.8) is 0 Å². The lowest BCUT2D eigenvalue weighted by atomic mass is 9.96. The molecular formula is C23H28N4O15S. The van der Waals surface area contributed by atoms with Gasteiger partial charge >= 0.3 is 0 Å². The van der Waals surface area contributed by atoms with E-state index in [0.717, 1.165) is 14.0 Å². The number of carbonyl (C=O) groups excluding carboxylic acids is 1. The van der Waals surface area contributed by atoms with Crippen molar-refractivity contribution in [2.75, 3.05) is 24.7 Å². The van der Waals surface area contributed by atoms with Gasteiger partial charge in [-0.2, -0.15) is 0 Å². The van der Waals surface area contributed by atoms with Crippen molar-refractivity contribution in [2.45, 2.75) is 31.1 Å². The SMILES string of the molecule is COC(c1c(C)c(O)c(O)c(O)c1O)C(O)(O)NCC(O)(O)c1c(O)c(O)c(NC(=O)Cc2nc(N)sc2O)c(O)c1O. The smallest absolute Gasteiger partial charge is 0.254 e. The van der Waals surface area contributed by atoms with Crippen LogP contribution >= 0.6 is 11.3 Å². The number of nitrogen functional groups attached to an aromatic ring is 1. The maximum absolute atomic E-state index is 12.4. The van der Waals surface area contributed by atoms with E-state index in [1.165, 1.54) is 0 Å². The number of hydrogen-bond acceptors (Lipinski definition) is 19. The lowest BCUT2D eigenvalue weighted by molar-refractivity contribution is -0.271. The number of rotatable bonds is 10. The van der Waals surface area contributed by atoms with Gasteiger partial charge in [0.15, 0.2) is 50.8 Å². The van der Waals surface area contributed by atoms with Gasteiger partial charge in [0.25, 0.3) is 5.91 Å². The molecule has 20 heteroatoms. The second-order valence-electron chi connectivity index (χ2n) is 9.12. The molecule has 19 nitrogen and oxygen atoms in total. The predicted molar refractivity (Wildman–Crippen MR) is 143 cm³/mol. The summed E-state index contributed by atoms with van der Waals surface area (Å²) in [4.78, 5) is 16.1. The van der Waals surface area contributed by atoms with Crippen LogP contribution in [0.4, 0.5) is 10.8 Å². The highest BCUT2D eigenvalue weighted by Gasteiger charge is 2.45. The van der Waals surface area contributed by atoms with Crippen LogP contribution < -0.4 is 16.4 Å². The molecular weight excluding hydrogens is 604 g/mol. The average Bonchev–Trinajstić information content (AvgIpc) is 3.24. The Morgan fingerprint density at radius 3 is 1.91 bits per heavy atom. The van der Waals surface area contributed by atoms with Gasteiger partial charge in [0, 0.05) is 18.2 Å². The fourth-order valence-electron chi connectivity index (χ4n) is 4.08. The number of aromatic hydroxyl groups is 9. The minimum absolute atomic E-state index is 0.0700. The molecule has 0 spiro atoms. The van der Waals surface area contributed by atoms with Gasteiger partial charge in [-0.25, -0.2) is 4.98 Å². The summed E-state index contributed by atoms with van der Waals surface area (Å²) in [7, 11) is 0.879. The van der Waals surface area contributed by atoms with Crippen molar-refractivity contribution in [1.82, 2.24) is 10.3 Å². The van der Waals surface area contributed by atoms with Gasteiger partial charge in [-0.05, 0) is 6.92 Å². The van der Waals surface area contributed by atoms with Crippen molar-refractivity contribution < 1.29 is 75.9 Å². The Labute approximate surface area is 243 Å². The number of anilines is 2. The van der Waals surface area contributed by atoms with Crippen LogP contribution in [-0.4, -0.2) is 96.8 Å². The number of nitrogens with two attached hydrogens (primary N) is 1. The van der Waals surface area contributed by atoms with Gasteiger partial charge in [0.1, 0.15) is 16.9 Å². The number of thiazole rings is 1. The second kappa shape index (κ2) is 11.5. The first-order valence-corrected chi connectivity index (χ1v) is 12.5. The van der Waals surface area contributed by atoms with E-state index in [1.807, 2.05) is 5.32 Å². The highest BCUT2D eigenvalue weighted by molar-refractivity contribution is 7.17. The molecule has 3 rings (SSSR count). The molecule has 0 fully saturated rings. The third kappa shape index (κ3) is 5.96. The summed E-state index contributed by atoms with van der Waals surface area (Å²) in [5.74, 6) is -18.3. The zero-order valence-corrected chi connectivity index (χ0v) is 22.9. The van der Waals surface area contributed by atoms with E-state index in [2.05, 4.69) is 4.98 Å². The number of amides is 1. The van der Waals surface area contributed by atoms with E-state index in [0.29, 0.717) is 11.3 Å². The van der Waals surface area contributed by atoms with Crippen LogP contribution in [-0.2, 0) is 21.7 Å². The van der Waals surface area contributed by atoms with Crippen molar-refractivity contribution in [3.8, 4) is 51.1 Å². The van der Waals surface area contributed by atoms with Gasteiger partial charge in [-0.15, -0.1) is 0 Å². The molecule has 0 aliphatic rings. The number of phenols is 8. The molecule has 3 aromatic rings. The van der Waals surface area contributed by atoms with E-state index in [-0.39, 0.29) is 10.8 Å². The first-order chi connectivity index (χ1) is 19.8. The minimum Gasteiger partial charge on any atom is -0.504 e. The summed E-state index contributed by atoms with van der Waals surface area (Å²) in [6.45, 7) is -0.364. The maximum atomic E-state index is 12.4. The first kappa shape index (κ1) is 32.8. The number of nitrogens with one attached hydrogen (secondary N) is 2. The van der Waals surface area contributed by atoms with Crippen LogP contribution in [0.15, 0.2) is 0 Å². The van der Waals surface area contributed by atoms with Crippen LogP contribution in [0.25, 0.3) is 0 Å². The molecule has 0 aliphatic carbocycles. The fourth-order valence-corrected chi connectivity index (χ4v) is 4.67.